The summed E-state index contributed by atoms with van der Waals surface area (Å²) in [4.78, 5) is 23.7. The number of carbonyl (C=O) groups excluding carboxylic acids is 2. The molecule has 0 saturated carbocycles. The molecular weight excluding hydrogens is 337 g/mol. The summed E-state index contributed by atoms with van der Waals surface area (Å²) in [7, 11) is 0. The van der Waals surface area contributed by atoms with E-state index < -0.39 is 11.7 Å². The van der Waals surface area contributed by atoms with Gasteiger partial charge in [0, 0.05) is 17.7 Å². The highest BCUT2D eigenvalue weighted by molar-refractivity contribution is 6.04. The van der Waals surface area contributed by atoms with Gasteiger partial charge in [-0.2, -0.15) is 5.10 Å². The van der Waals surface area contributed by atoms with E-state index in [9.17, 15) is 19.1 Å². The Morgan fingerprint density at radius 2 is 1.88 bits per heavy atom. The molecule has 0 aliphatic carbocycles. The zero-order valence-electron chi connectivity index (χ0n) is 14.5. The van der Waals surface area contributed by atoms with Crippen LogP contribution in [0.3, 0.4) is 0 Å². The van der Waals surface area contributed by atoms with Crippen molar-refractivity contribution in [1.29, 1.82) is 0 Å². The molecule has 0 unspecified atom stereocenters. The normalized spacial score (nSPS) is 11.1. The van der Waals surface area contributed by atoms with E-state index in [2.05, 4.69) is 15.8 Å². The molecule has 3 N–H and O–H groups in total. The first kappa shape index (κ1) is 19.1. The van der Waals surface area contributed by atoms with Crippen molar-refractivity contribution in [1.82, 2.24) is 5.43 Å². The number of benzene rings is 2. The first-order valence-corrected chi connectivity index (χ1v) is 8.14. The summed E-state index contributed by atoms with van der Waals surface area (Å²) in [5.41, 5.74) is 3.28. The van der Waals surface area contributed by atoms with Crippen molar-refractivity contribution >= 4 is 23.2 Å². The maximum Gasteiger partial charge on any atom is 0.274 e. The summed E-state index contributed by atoms with van der Waals surface area (Å²) < 4.78 is 13.6. The van der Waals surface area contributed by atoms with Gasteiger partial charge in [-0.3, -0.25) is 9.59 Å². The van der Waals surface area contributed by atoms with Gasteiger partial charge < -0.3 is 10.4 Å². The van der Waals surface area contributed by atoms with Crippen molar-refractivity contribution < 1.29 is 19.1 Å². The molecule has 6 nitrogen and oxygen atoms in total. The number of hydrogen-bond acceptors (Lipinski definition) is 4. The van der Waals surface area contributed by atoms with Crippen molar-refractivity contribution in [2.45, 2.75) is 26.7 Å². The lowest BCUT2D eigenvalue weighted by Crippen LogP contribution is -2.20. The molecule has 0 aromatic heterocycles. The summed E-state index contributed by atoms with van der Waals surface area (Å²) in [6.45, 7) is 3.48. The van der Waals surface area contributed by atoms with E-state index in [1.54, 1.807) is 25.1 Å². The highest BCUT2D eigenvalue weighted by Crippen LogP contribution is 2.22. The highest BCUT2D eigenvalue weighted by atomic mass is 19.1. The standard InChI is InChI=1S/C19H20FN3O3/c1-3-6-18(25)21-13-9-10-17(24)15(11-13)12(2)22-23-19(26)14-7-4-5-8-16(14)20/h4-5,7-11,24H,3,6H2,1-2H3,(H,21,25)(H,23,26)/b22-12+. The minimum absolute atomic E-state index is 0.0557. The van der Waals surface area contributed by atoms with Crippen LogP contribution in [-0.4, -0.2) is 22.6 Å². The van der Waals surface area contributed by atoms with Gasteiger partial charge in [0.15, 0.2) is 0 Å². The fourth-order valence-corrected chi connectivity index (χ4v) is 2.25. The Morgan fingerprint density at radius 3 is 2.58 bits per heavy atom. The lowest BCUT2D eigenvalue weighted by molar-refractivity contribution is -0.116. The van der Waals surface area contributed by atoms with Crippen LogP contribution >= 0.6 is 0 Å². The second-order valence-electron chi connectivity index (χ2n) is 5.65. The van der Waals surface area contributed by atoms with E-state index in [0.29, 0.717) is 23.4 Å². The largest absolute Gasteiger partial charge is 0.507 e. The average Bonchev–Trinajstić information content (AvgIpc) is 2.61. The smallest absolute Gasteiger partial charge is 0.274 e. The molecule has 0 heterocycles. The summed E-state index contributed by atoms with van der Waals surface area (Å²) in [6, 6.07) is 10.1. The monoisotopic (exact) mass is 357 g/mol. The van der Waals surface area contributed by atoms with Crippen molar-refractivity contribution in [2.24, 2.45) is 5.10 Å². The van der Waals surface area contributed by atoms with Crippen molar-refractivity contribution in [3.8, 4) is 5.75 Å². The van der Waals surface area contributed by atoms with E-state index >= 15 is 0 Å². The Labute approximate surface area is 150 Å². The average molecular weight is 357 g/mol. The molecule has 0 fully saturated rings. The van der Waals surface area contributed by atoms with E-state index in [0.717, 1.165) is 6.42 Å². The van der Waals surface area contributed by atoms with Crippen molar-refractivity contribution in [3.05, 3.63) is 59.4 Å². The molecule has 0 radical (unpaired) electrons. The summed E-state index contributed by atoms with van der Waals surface area (Å²) in [6.07, 6.45) is 1.11. The number of anilines is 1. The summed E-state index contributed by atoms with van der Waals surface area (Å²) in [5, 5.41) is 16.6. The third kappa shape index (κ3) is 4.89. The quantitative estimate of drug-likeness (QED) is 0.420. The van der Waals surface area contributed by atoms with Gasteiger partial charge >= 0.3 is 0 Å². The van der Waals surface area contributed by atoms with Gasteiger partial charge in [-0.15, -0.1) is 0 Å². The highest BCUT2D eigenvalue weighted by Gasteiger charge is 2.12. The van der Waals surface area contributed by atoms with Crippen LogP contribution < -0.4 is 10.7 Å². The van der Waals surface area contributed by atoms with Crippen LogP contribution in [0.15, 0.2) is 47.6 Å². The number of halogens is 1. The van der Waals surface area contributed by atoms with Crippen LogP contribution in [0.2, 0.25) is 0 Å². The number of aromatic hydroxyl groups is 1. The topological polar surface area (TPSA) is 90.8 Å². The van der Waals surface area contributed by atoms with Crippen LogP contribution in [0.4, 0.5) is 10.1 Å². The molecule has 0 aliphatic heterocycles. The van der Waals surface area contributed by atoms with Gasteiger partial charge in [-0.1, -0.05) is 19.1 Å². The van der Waals surface area contributed by atoms with E-state index in [4.69, 9.17) is 0 Å². The third-order valence-corrected chi connectivity index (χ3v) is 3.59. The molecule has 26 heavy (non-hydrogen) atoms. The number of hydrazone groups is 1. The first-order chi connectivity index (χ1) is 12.4. The van der Waals surface area contributed by atoms with Gasteiger partial charge in [0.25, 0.3) is 5.91 Å². The predicted octanol–water partition coefficient (Wildman–Crippen LogP) is 3.42. The molecule has 0 aliphatic rings. The molecular formula is C19H20FN3O3. The van der Waals surface area contributed by atoms with Crippen molar-refractivity contribution in [3.63, 3.8) is 0 Å². The van der Waals surface area contributed by atoms with E-state index in [1.807, 2.05) is 6.92 Å². The lowest BCUT2D eigenvalue weighted by Gasteiger charge is -2.09. The van der Waals surface area contributed by atoms with Crippen LogP contribution in [0.1, 0.15) is 42.6 Å². The van der Waals surface area contributed by atoms with Gasteiger partial charge in [0.05, 0.1) is 11.3 Å². The number of phenolic OH excluding ortho intramolecular Hbond substituents is 1. The Bertz CT molecular complexity index is 850. The Kier molecular flexibility index (Phi) is 6.43. The lowest BCUT2D eigenvalue weighted by atomic mass is 10.1. The Hall–Kier alpha value is -3.22. The zero-order valence-corrected chi connectivity index (χ0v) is 14.5. The number of hydrogen-bond donors (Lipinski definition) is 3. The molecule has 2 aromatic carbocycles. The SMILES string of the molecule is CCCC(=O)Nc1ccc(O)c(/C(C)=N/NC(=O)c2ccccc2F)c1. The Balaban J connectivity index is 2.16. The molecule has 2 amide bonds. The number of amides is 2. The minimum Gasteiger partial charge on any atom is -0.507 e. The maximum absolute atomic E-state index is 13.6. The second kappa shape index (κ2) is 8.75. The number of nitrogens with zero attached hydrogens (tertiary/aromatic N) is 1. The Morgan fingerprint density at radius 1 is 1.15 bits per heavy atom. The molecule has 7 heteroatoms. The van der Waals surface area contributed by atoms with E-state index in [1.165, 1.54) is 24.3 Å². The van der Waals surface area contributed by atoms with Crippen LogP contribution in [0, 0.1) is 5.82 Å². The van der Waals surface area contributed by atoms with Gasteiger partial charge in [0.1, 0.15) is 11.6 Å². The van der Waals surface area contributed by atoms with E-state index in [-0.39, 0.29) is 17.2 Å². The minimum atomic E-state index is -0.700. The van der Waals surface area contributed by atoms with Crippen LogP contribution in [-0.2, 0) is 4.79 Å². The van der Waals surface area contributed by atoms with Gasteiger partial charge in [-0.05, 0) is 43.7 Å². The number of phenols is 1. The molecule has 2 aromatic rings. The molecule has 0 atom stereocenters. The number of rotatable bonds is 6. The number of carbonyl (C=O) groups is 2. The third-order valence-electron chi connectivity index (χ3n) is 3.59. The first-order valence-electron chi connectivity index (χ1n) is 8.14. The predicted molar refractivity (Wildman–Crippen MR) is 97.7 cm³/mol. The maximum atomic E-state index is 13.6. The van der Waals surface area contributed by atoms with Gasteiger partial charge in [0.2, 0.25) is 5.91 Å². The van der Waals surface area contributed by atoms with Gasteiger partial charge in [-0.25, -0.2) is 9.82 Å². The summed E-state index contributed by atoms with van der Waals surface area (Å²) >= 11 is 0. The van der Waals surface area contributed by atoms with Crippen LogP contribution in [0.25, 0.3) is 0 Å². The second-order valence-corrected chi connectivity index (χ2v) is 5.65. The number of nitrogens with one attached hydrogen (secondary N) is 2. The summed E-state index contributed by atoms with van der Waals surface area (Å²) in [5.74, 6) is -1.54. The molecule has 136 valence electrons. The molecule has 0 spiro atoms. The zero-order chi connectivity index (χ0) is 19.1. The fraction of sp³-hybridized carbons (Fsp3) is 0.211. The molecule has 0 bridgehead atoms. The molecule has 2 rings (SSSR count). The van der Waals surface area contributed by atoms with Crippen LogP contribution in [0.5, 0.6) is 5.75 Å². The fourth-order valence-electron chi connectivity index (χ4n) is 2.25. The molecule has 0 saturated heterocycles. The van der Waals surface area contributed by atoms with Crippen molar-refractivity contribution in [2.75, 3.05) is 5.32 Å².